The largest absolute Gasteiger partial charge is 0.400 e. The number of rotatable bonds is 5. The van der Waals surface area contributed by atoms with Crippen LogP contribution in [-0.4, -0.2) is 6.54 Å². The fourth-order valence-electron chi connectivity index (χ4n) is 0.755. The molecule has 0 fully saturated rings. The fourth-order valence-corrected chi connectivity index (χ4v) is 0.755. The lowest BCUT2D eigenvalue weighted by Crippen LogP contribution is -2.21. The highest BCUT2D eigenvalue weighted by Gasteiger charge is 2.00. The van der Waals surface area contributed by atoms with Crippen LogP contribution in [0.1, 0.15) is 26.7 Å². The predicted molar refractivity (Wildman–Crippen MR) is 53.1 cm³/mol. The van der Waals surface area contributed by atoms with Gasteiger partial charge in [0, 0.05) is 12.2 Å². The first-order valence-electron chi connectivity index (χ1n) is 4.30. The van der Waals surface area contributed by atoms with Gasteiger partial charge in [-0.25, -0.2) is 0 Å². The summed E-state index contributed by atoms with van der Waals surface area (Å²) in [5.74, 6) is 0. The smallest absolute Gasteiger partial charge is 0.0734 e. The summed E-state index contributed by atoms with van der Waals surface area (Å²) in [6.45, 7) is 8.73. The highest BCUT2D eigenvalue weighted by Crippen LogP contribution is 2.03. The molecule has 0 bridgehead atoms. The lowest BCUT2D eigenvalue weighted by Gasteiger charge is -2.10. The Kier molecular flexibility index (Phi) is 5.00. The third-order valence-corrected chi connectivity index (χ3v) is 1.64. The van der Waals surface area contributed by atoms with E-state index in [0.29, 0.717) is 11.4 Å². The van der Waals surface area contributed by atoms with Gasteiger partial charge in [0.2, 0.25) is 0 Å². The summed E-state index contributed by atoms with van der Waals surface area (Å²) in [6.07, 6.45) is 1.82. The summed E-state index contributed by atoms with van der Waals surface area (Å²) >= 11 is 0. The Bertz CT molecular complexity index is 182. The van der Waals surface area contributed by atoms with Crippen LogP contribution < -0.4 is 16.8 Å². The van der Waals surface area contributed by atoms with E-state index in [2.05, 4.69) is 18.8 Å². The summed E-state index contributed by atoms with van der Waals surface area (Å²) < 4.78 is 0. The molecule has 0 spiro atoms. The predicted octanol–water partition coefficient (Wildman–Crippen LogP) is 1.04. The number of nitrogens with one attached hydrogen (secondary N) is 1. The average Bonchev–Trinajstić information content (AvgIpc) is 2.11. The van der Waals surface area contributed by atoms with E-state index >= 15 is 0 Å². The SMILES string of the molecule is C=C(NCCC)/C(N)=C(/N)CC. The molecule has 0 aromatic carbocycles. The lowest BCUT2D eigenvalue weighted by atomic mass is 10.2. The zero-order valence-electron chi connectivity index (χ0n) is 7.98. The van der Waals surface area contributed by atoms with Gasteiger partial charge in [0.25, 0.3) is 0 Å². The van der Waals surface area contributed by atoms with Crippen molar-refractivity contribution in [3.63, 3.8) is 0 Å². The maximum atomic E-state index is 5.70. The zero-order valence-corrected chi connectivity index (χ0v) is 7.98. The number of allylic oxidation sites excluding steroid dienone is 1. The molecule has 0 aliphatic heterocycles. The molecule has 0 aliphatic rings. The second kappa shape index (κ2) is 5.52. The molecular weight excluding hydrogens is 150 g/mol. The average molecular weight is 169 g/mol. The summed E-state index contributed by atoms with van der Waals surface area (Å²) in [4.78, 5) is 0. The van der Waals surface area contributed by atoms with E-state index in [4.69, 9.17) is 11.5 Å². The summed E-state index contributed by atoms with van der Waals surface area (Å²) in [5, 5.41) is 3.09. The maximum Gasteiger partial charge on any atom is 0.0734 e. The summed E-state index contributed by atoms with van der Waals surface area (Å²) in [7, 11) is 0. The van der Waals surface area contributed by atoms with Crippen molar-refractivity contribution < 1.29 is 0 Å². The van der Waals surface area contributed by atoms with Gasteiger partial charge in [0.1, 0.15) is 0 Å². The molecule has 12 heavy (non-hydrogen) atoms. The molecule has 0 heterocycles. The molecule has 0 aliphatic carbocycles. The van der Waals surface area contributed by atoms with Crippen molar-refractivity contribution in [3.8, 4) is 0 Å². The van der Waals surface area contributed by atoms with Crippen molar-refractivity contribution in [2.75, 3.05) is 6.54 Å². The lowest BCUT2D eigenvalue weighted by molar-refractivity contribution is 0.770. The topological polar surface area (TPSA) is 64.1 Å². The highest BCUT2D eigenvalue weighted by atomic mass is 14.9. The van der Waals surface area contributed by atoms with Crippen LogP contribution in [0.5, 0.6) is 0 Å². The Labute approximate surface area is 74.5 Å². The van der Waals surface area contributed by atoms with Crippen molar-refractivity contribution in [1.29, 1.82) is 0 Å². The first-order chi connectivity index (χ1) is 5.63. The standard InChI is InChI=1S/C9H19N3/c1-4-6-12-7(3)9(11)8(10)5-2/h12H,3-6,10-11H2,1-2H3/b9-8-. The van der Waals surface area contributed by atoms with Crippen LogP contribution in [0.2, 0.25) is 0 Å². The Morgan fingerprint density at radius 1 is 1.33 bits per heavy atom. The third-order valence-electron chi connectivity index (χ3n) is 1.64. The highest BCUT2D eigenvalue weighted by molar-refractivity contribution is 5.27. The van der Waals surface area contributed by atoms with Crippen LogP contribution in [0.15, 0.2) is 23.7 Å². The van der Waals surface area contributed by atoms with Gasteiger partial charge >= 0.3 is 0 Å². The monoisotopic (exact) mass is 169 g/mol. The molecule has 5 N–H and O–H groups in total. The van der Waals surface area contributed by atoms with Crippen LogP contribution in [0.3, 0.4) is 0 Å². The Morgan fingerprint density at radius 2 is 1.92 bits per heavy atom. The molecule has 0 atom stereocenters. The maximum absolute atomic E-state index is 5.70. The zero-order chi connectivity index (χ0) is 9.56. The minimum Gasteiger partial charge on any atom is -0.400 e. The van der Waals surface area contributed by atoms with Gasteiger partial charge in [-0.15, -0.1) is 0 Å². The minimum atomic E-state index is 0.589. The Hall–Kier alpha value is -1.12. The first-order valence-corrected chi connectivity index (χ1v) is 4.30. The molecule has 3 nitrogen and oxygen atoms in total. The molecule has 0 rings (SSSR count). The van der Waals surface area contributed by atoms with Gasteiger partial charge in [0.05, 0.1) is 11.4 Å². The third kappa shape index (κ3) is 3.32. The number of nitrogens with two attached hydrogens (primary N) is 2. The normalized spacial score (nSPS) is 12.2. The number of hydrogen-bond acceptors (Lipinski definition) is 3. The van der Waals surface area contributed by atoms with E-state index in [1.807, 2.05) is 6.92 Å². The Balaban J connectivity index is 4.09. The fraction of sp³-hybridized carbons (Fsp3) is 0.556. The second-order valence-electron chi connectivity index (χ2n) is 2.70. The van der Waals surface area contributed by atoms with Crippen molar-refractivity contribution in [1.82, 2.24) is 5.32 Å². The summed E-state index contributed by atoms with van der Waals surface area (Å²) in [5.41, 5.74) is 13.4. The first kappa shape index (κ1) is 10.9. The van der Waals surface area contributed by atoms with E-state index in [1.165, 1.54) is 0 Å². The molecular formula is C9H19N3. The van der Waals surface area contributed by atoms with E-state index in [0.717, 1.165) is 25.1 Å². The molecule has 3 heteroatoms. The van der Waals surface area contributed by atoms with Crippen molar-refractivity contribution in [2.24, 2.45) is 11.5 Å². The van der Waals surface area contributed by atoms with Gasteiger partial charge in [-0.1, -0.05) is 20.4 Å². The van der Waals surface area contributed by atoms with Crippen molar-refractivity contribution >= 4 is 0 Å². The van der Waals surface area contributed by atoms with Crippen LogP contribution >= 0.6 is 0 Å². The molecule has 0 unspecified atom stereocenters. The van der Waals surface area contributed by atoms with Crippen LogP contribution in [0.4, 0.5) is 0 Å². The van der Waals surface area contributed by atoms with E-state index in [-0.39, 0.29) is 0 Å². The van der Waals surface area contributed by atoms with E-state index in [1.54, 1.807) is 0 Å². The molecule has 0 amide bonds. The molecule has 0 radical (unpaired) electrons. The van der Waals surface area contributed by atoms with E-state index < -0.39 is 0 Å². The minimum absolute atomic E-state index is 0.589. The molecule has 70 valence electrons. The quantitative estimate of drug-likeness (QED) is 0.539. The van der Waals surface area contributed by atoms with Crippen molar-refractivity contribution in [3.05, 3.63) is 23.7 Å². The molecule has 0 aromatic heterocycles. The van der Waals surface area contributed by atoms with Gasteiger partial charge < -0.3 is 16.8 Å². The van der Waals surface area contributed by atoms with Crippen LogP contribution in [-0.2, 0) is 0 Å². The Morgan fingerprint density at radius 3 is 2.33 bits per heavy atom. The molecule has 0 saturated heterocycles. The van der Waals surface area contributed by atoms with E-state index in [9.17, 15) is 0 Å². The molecule has 0 aromatic rings. The van der Waals surface area contributed by atoms with Gasteiger partial charge in [-0.2, -0.15) is 0 Å². The van der Waals surface area contributed by atoms with Gasteiger partial charge in [0.15, 0.2) is 0 Å². The van der Waals surface area contributed by atoms with Crippen molar-refractivity contribution in [2.45, 2.75) is 26.7 Å². The van der Waals surface area contributed by atoms with Gasteiger partial charge in [-0.05, 0) is 12.8 Å². The van der Waals surface area contributed by atoms with Crippen LogP contribution in [0, 0.1) is 0 Å². The second-order valence-corrected chi connectivity index (χ2v) is 2.70. The molecule has 0 saturated carbocycles. The number of hydrogen-bond donors (Lipinski definition) is 3. The van der Waals surface area contributed by atoms with Crippen LogP contribution in [0.25, 0.3) is 0 Å². The van der Waals surface area contributed by atoms with Gasteiger partial charge in [-0.3, -0.25) is 0 Å². The summed E-state index contributed by atoms with van der Waals surface area (Å²) in [6, 6.07) is 0.